The Kier molecular flexibility index (Phi) is 3.19. The van der Waals surface area contributed by atoms with Crippen LogP contribution in [0, 0.1) is 17.3 Å². The lowest BCUT2D eigenvalue weighted by molar-refractivity contribution is -0.198. The molecule has 1 spiro atoms. The van der Waals surface area contributed by atoms with Crippen molar-refractivity contribution < 1.29 is 19.1 Å². The van der Waals surface area contributed by atoms with Gasteiger partial charge in [-0.25, -0.2) is 0 Å². The molecule has 1 N–H and O–H groups in total. The molecule has 2 bridgehead atoms. The van der Waals surface area contributed by atoms with Crippen molar-refractivity contribution in [3.8, 4) is 0 Å². The lowest BCUT2D eigenvalue weighted by Crippen LogP contribution is -2.54. The number of benzene rings is 1. The van der Waals surface area contributed by atoms with Crippen LogP contribution in [0.3, 0.4) is 0 Å². The number of rotatable bonds is 0. The number of hydrogen-bond acceptors (Lipinski definition) is 4. The van der Waals surface area contributed by atoms with Gasteiger partial charge in [-0.15, -0.1) is 0 Å². The Balaban J connectivity index is 1.38. The highest BCUT2D eigenvalue weighted by molar-refractivity contribution is 6.13. The third-order valence-electron chi connectivity index (χ3n) is 9.04. The Labute approximate surface area is 181 Å². The Hall–Kier alpha value is -2.24. The topological polar surface area (TPSA) is 68.4 Å². The summed E-state index contributed by atoms with van der Waals surface area (Å²) < 4.78 is 12.8. The summed E-state index contributed by atoms with van der Waals surface area (Å²) in [6.45, 7) is 6.24. The zero-order valence-corrected chi connectivity index (χ0v) is 18.2. The van der Waals surface area contributed by atoms with Gasteiger partial charge in [0, 0.05) is 40.4 Å². The maximum atomic E-state index is 13.5. The van der Waals surface area contributed by atoms with Crippen LogP contribution in [-0.2, 0) is 14.3 Å². The molecule has 6 unspecified atom stereocenters. The minimum atomic E-state index is -0.773. The second kappa shape index (κ2) is 5.38. The van der Waals surface area contributed by atoms with Crippen LogP contribution >= 0.6 is 0 Å². The average Bonchev–Trinajstić information content (AvgIpc) is 3.31. The molecule has 3 aliphatic carbocycles. The van der Waals surface area contributed by atoms with Crippen LogP contribution in [0.2, 0.25) is 0 Å². The number of Topliss-reactive ketones (excluding diaryl/α,β-unsaturated/α-hetero) is 1. The molecule has 160 valence electrons. The number of aromatic amines is 1. The SMILES string of the molecule is CC1(C)OC23CCC4(C)C(CCC5C(=O)c6c([nH]c7ccccc67)C54)C2=CC(=O)C1O3. The number of ketones is 2. The molecule has 1 saturated heterocycles. The van der Waals surface area contributed by atoms with Gasteiger partial charge in [-0.05, 0) is 62.2 Å². The van der Waals surface area contributed by atoms with Crippen molar-refractivity contribution in [1.29, 1.82) is 0 Å². The maximum absolute atomic E-state index is 13.5. The Morgan fingerprint density at radius 2 is 1.87 bits per heavy atom. The van der Waals surface area contributed by atoms with Crippen molar-refractivity contribution in [1.82, 2.24) is 4.98 Å². The number of fused-ring (bicyclic) bond motifs is 9. The molecule has 1 aromatic heterocycles. The molecule has 2 aromatic rings. The molecular formula is C26H27NO4. The Bertz CT molecular complexity index is 1220. The molecule has 0 amide bonds. The summed E-state index contributed by atoms with van der Waals surface area (Å²) in [6, 6.07) is 8.13. The third-order valence-corrected chi connectivity index (χ3v) is 9.04. The van der Waals surface area contributed by atoms with E-state index in [9.17, 15) is 9.59 Å². The molecule has 3 heterocycles. The lowest BCUT2D eigenvalue weighted by atomic mass is 9.50. The van der Waals surface area contributed by atoms with Crippen molar-refractivity contribution in [3.05, 3.63) is 47.2 Å². The van der Waals surface area contributed by atoms with E-state index in [1.54, 1.807) is 0 Å². The first kappa shape index (κ1) is 18.3. The van der Waals surface area contributed by atoms with E-state index < -0.39 is 17.5 Å². The minimum absolute atomic E-state index is 0.0216. The predicted molar refractivity (Wildman–Crippen MR) is 115 cm³/mol. The van der Waals surface area contributed by atoms with Crippen LogP contribution in [0.25, 0.3) is 10.9 Å². The van der Waals surface area contributed by atoms with E-state index in [0.717, 1.165) is 53.4 Å². The molecule has 31 heavy (non-hydrogen) atoms. The monoisotopic (exact) mass is 417 g/mol. The summed E-state index contributed by atoms with van der Waals surface area (Å²) >= 11 is 0. The molecule has 5 heteroatoms. The van der Waals surface area contributed by atoms with Crippen LogP contribution < -0.4 is 0 Å². The fraction of sp³-hybridized carbons (Fsp3) is 0.538. The number of carbonyl (C=O) groups excluding carboxylic acids is 2. The van der Waals surface area contributed by atoms with Crippen molar-refractivity contribution in [2.24, 2.45) is 17.3 Å². The molecule has 6 atom stereocenters. The van der Waals surface area contributed by atoms with Gasteiger partial charge in [-0.1, -0.05) is 25.1 Å². The normalized spacial score (nSPS) is 42.1. The standard InChI is InChI=1S/C26H27NO4/c1-24(2)23-18(28)12-16-15-9-8-14-20(25(15,3)10-11-26(16,30-23)31-24)21-19(22(14)29)13-6-4-5-7-17(13)27-21/h4-7,12,14-15,20,23,27H,8-11H2,1-3H3. The number of H-pyrrole nitrogens is 1. The summed E-state index contributed by atoms with van der Waals surface area (Å²) in [5.41, 5.74) is 3.33. The molecule has 5 nitrogen and oxygen atoms in total. The largest absolute Gasteiger partial charge is 0.358 e. The first-order chi connectivity index (χ1) is 14.8. The highest BCUT2D eigenvalue weighted by Gasteiger charge is 2.67. The number of carbonyl (C=O) groups is 2. The van der Waals surface area contributed by atoms with Crippen molar-refractivity contribution in [3.63, 3.8) is 0 Å². The zero-order valence-electron chi connectivity index (χ0n) is 18.2. The minimum Gasteiger partial charge on any atom is -0.358 e. The summed E-state index contributed by atoms with van der Waals surface area (Å²) in [4.78, 5) is 30.1. The number of hydrogen-bond donors (Lipinski definition) is 1. The van der Waals surface area contributed by atoms with E-state index in [0.29, 0.717) is 5.78 Å². The summed E-state index contributed by atoms with van der Waals surface area (Å²) in [5.74, 6) is -0.122. The molecule has 2 saturated carbocycles. The Morgan fingerprint density at radius 1 is 1.06 bits per heavy atom. The van der Waals surface area contributed by atoms with Crippen LogP contribution in [-0.4, -0.2) is 34.0 Å². The molecule has 0 radical (unpaired) electrons. The quantitative estimate of drug-likeness (QED) is 0.676. The smallest absolute Gasteiger partial charge is 0.193 e. The van der Waals surface area contributed by atoms with E-state index in [1.165, 1.54) is 0 Å². The molecular weight excluding hydrogens is 390 g/mol. The van der Waals surface area contributed by atoms with Crippen molar-refractivity contribution >= 4 is 22.5 Å². The van der Waals surface area contributed by atoms with Crippen LogP contribution in [0.1, 0.15) is 68.4 Å². The van der Waals surface area contributed by atoms with Crippen molar-refractivity contribution in [2.45, 2.75) is 69.9 Å². The summed E-state index contributed by atoms with van der Waals surface area (Å²) in [5, 5.41) is 1.04. The van der Waals surface area contributed by atoms with Gasteiger partial charge in [0.2, 0.25) is 0 Å². The number of aromatic nitrogens is 1. The van der Waals surface area contributed by atoms with Crippen molar-refractivity contribution in [2.75, 3.05) is 0 Å². The van der Waals surface area contributed by atoms with Gasteiger partial charge in [0.15, 0.2) is 23.5 Å². The Morgan fingerprint density at radius 3 is 2.71 bits per heavy atom. The molecule has 5 aliphatic rings. The van der Waals surface area contributed by atoms with E-state index in [4.69, 9.17) is 9.47 Å². The van der Waals surface area contributed by atoms with Crippen LogP contribution in [0.5, 0.6) is 0 Å². The molecule has 1 aromatic carbocycles. The predicted octanol–water partition coefficient (Wildman–Crippen LogP) is 4.67. The second-order valence-electron chi connectivity index (χ2n) is 11.0. The van der Waals surface area contributed by atoms with Gasteiger partial charge in [0.1, 0.15) is 5.60 Å². The van der Waals surface area contributed by atoms with E-state index in [-0.39, 0.29) is 29.0 Å². The molecule has 2 aliphatic heterocycles. The lowest BCUT2D eigenvalue weighted by Gasteiger charge is -2.56. The maximum Gasteiger partial charge on any atom is 0.193 e. The van der Waals surface area contributed by atoms with E-state index >= 15 is 0 Å². The second-order valence-corrected chi connectivity index (χ2v) is 11.0. The van der Waals surface area contributed by atoms with Gasteiger partial charge in [0.05, 0.1) is 0 Å². The van der Waals surface area contributed by atoms with Gasteiger partial charge in [-0.3, -0.25) is 9.59 Å². The highest BCUT2D eigenvalue weighted by atomic mass is 16.8. The molecule has 3 fully saturated rings. The van der Waals surface area contributed by atoms with Gasteiger partial charge in [0.25, 0.3) is 0 Å². The van der Waals surface area contributed by atoms with Gasteiger partial charge >= 0.3 is 0 Å². The van der Waals surface area contributed by atoms with E-state index in [1.807, 2.05) is 32.1 Å². The average molecular weight is 418 g/mol. The number of ether oxygens (including phenoxy) is 2. The highest BCUT2D eigenvalue weighted by Crippen LogP contribution is 2.67. The summed E-state index contributed by atoms with van der Waals surface area (Å²) in [6.07, 6.45) is 4.69. The van der Waals surface area contributed by atoms with E-state index in [2.05, 4.69) is 24.0 Å². The summed E-state index contributed by atoms with van der Waals surface area (Å²) in [7, 11) is 0. The molecule has 7 rings (SSSR count). The zero-order chi connectivity index (χ0) is 21.3. The van der Waals surface area contributed by atoms with Gasteiger partial charge < -0.3 is 14.5 Å². The first-order valence-electron chi connectivity index (χ1n) is 11.5. The fourth-order valence-corrected chi connectivity index (χ4v) is 7.78. The number of para-hydroxylation sites is 1. The number of nitrogens with one attached hydrogen (secondary N) is 1. The van der Waals surface area contributed by atoms with Crippen LogP contribution in [0.15, 0.2) is 35.9 Å². The fourth-order valence-electron chi connectivity index (χ4n) is 7.78. The first-order valence-corrected chi connectivity index (χ1v) is 11.5. The van der Waals surface area contributed by atoms with Crippen LogP contribution in [0.4, 0.5) is 0 Å². The van der Waals surface area contributed by atoms with Gasteiger partial charge in [-0.2, -0.15) is 0 Å². The third kappa shape index (κ3) is 2.01.